The molecule has 4 rings (SSSR count). The second-order valence-electron chi connectivity index (χ2n) is 9.39. The van der Waals surface area contributed by atoms with Gasteiger partial charge in [-0.15, -0.1) is 0 Å². The van der Waals surface area contributed by atoms with Gasteiger partial charge in [0.2, 0.25) is 5.91 Å². The van der Waals surface area contributed by atoms with Gasteiger partial charge in [0.1, 0.15) is 5.82 Å². The number of benzene rings is 1. The Balaban J connectivity index is 1.49. The third-order valence-corrected chi connectivity index (χ3v) is 6.70. The molecule has 160 valence electrons. The molecule has 0 radical (unpaired) electrons. The highest BCUT2D eigenvalue weighted by atomic mass is 16.7. The number of aromatic amines is 1. The quantitative estimate of drug-likeness (QED) is 0.762. The Hall–Kier alpha value is -2.12. The first kappa shape index (κ1) is 21.1. The molecule has 2 fully saturated rings. The van der Waals surface area contributed by atoms with Gasteiger partial charge in [-0.05, 0) is 58.0 Å². The number of amides is 1. The third-order valence-electron chi connectivity index (χ3n) is 6.70. The Morgan fingerprint density at radius 2 is 1.87 bits per heavy atom. The fourth-order valence-electron chi connectivity index (χ4n) is 4.16. The fraction of sp³-hybridized carbons (Fsp3) is 0.565. The first-order valence-corrected chi connectivity index (χ1v) is 11.0. The maximum Gasteiger partial charge on any atom is 0.494 e. The fourth-order valence-corrected chi connectivity index (χ4v) is 4.16. The van der Waals surface area contributed by atoms with E-state index in [1.54, 1.807) is 0 Å². The molecule has 0 bridgehead atoms. The van der Waals surface area contributed by atoms with Gasteiger partial charge in [-0.25, -0.2) is 4.98 Å². The van der Waals surface area contributed by atoms with Crippen LogP contribution in [-0.4, -0.2) is 45.6 Å². The molecule has 1 aromatic carbocycles. The Morgan fingerprint density at radius 3 is 2.50 bits per heavy atom. The maximum absolute atomic E-state index is 12.4. The van der Waals surface area contributed by atoms with Crippen molar-refractivity contribution in [2.75, 3.05) is 6.54 Å². The predicted molar refractivity (Wildman–Crippen MR) is 118 cm³/mol. The molecule has 30 heavy (non-hydrogen) atoms. The van der Waals surface area contributed by atoms with Crippen molar-refractivity contribution >= 4 is 18.5 Å². The average molecular weight is 409 g/mol. The van der Waals surface area contributed by atoms with Crippen molar-refractivity contribution in [1.29, 1.82) is 0 Å². The van der Waals surface area contributed by atoms with Gasteiger partial charge in [0.15, 0.2) is 0 Å². The molecule has 1 N–H and O–H groups in total. The Kier molecular flexibility index (Phi) is 5.53. The van der Waals surface area contributed by atoms with Crippen LogP contribution in [0.1, 0.15) is 72.2 Å². The summed E-state index contributed by atoms with van der Waals surface area (Å²) in [7, 11) is -0.363. The summed E-state index contributed by atoms with van der Waals surface area (Å²) in [6.07, 6.45) is 5.33. The lowest BCUT2D eigenvalue weighted by Gasteiger charge is -2.32. The largest absolute Gasteiger partial charge is 0.494 e. The summed E-state index contributed by atoms with van der Waals surface area (Å²) in [6, 6.07) is 8.27. The maximum atomic E-state index is 12.4. The molecule has 0 unspecified atom stereocenters. The number of hydrogen-bond acceptors (Lipinski definition) is 4. The third kappa shape index (κ3) is 3.81. The molecule has 1 amide bonds. The number of carbonyl (C=O) groups is 1. The zero-order valence-electron chi connectivity index (χ0n) is 18.7. The van der Waals surface area contributed by atoms with Crippen LogP contribution in [0.3, 0.4) is 0 Å². The summed E-state index contributed by atoms with van der Waals surface area (Å²) < 4.78 is 12.3. The molecule has 6 nitrogen and oxygen atoms in total. The number of nitrogens with zero attached hydrogens (tertiary/aromatic N) is 2. The predicted octanol–water partition coefficient (Wildman–Crippen LogP) is 3.84. The normalized spacial score (nSPS) is 22.6. The summed E-state index contributed by atoms with van der Waals surface area (Å²) in [5, 5.41) is 0. The first-order chi connectivity index (χ1) is 14.2. The van der Waals surface area contributed by atoms with Crippen LogP contribution >= 0.6 is 0 Å². The SMILES string of the molecule is CCCC(=O)N1CCC[C@H]1c1ncc(-c2ccc(B3OC(C)(C)C(C)(C)O3)cc2)[nH]1. The van der Waals surface area contributed by atoms with Gasteiger partial charge in [-0.3, -0.25) is 4.79 Å². The molecule has 2 aliphatic rings. The van der Waals surface area contributed by atoms with Gasteiger partial charge in [-0.2, -0.15) is 0 Å². The van der Waals surface area contributed by atoms with Gasteiger partial charge in [0, 0.05) is 13.0 Å². The Morgan fingerprint density at radius 1 is 1.20 bits per heavy atom. The zero-order chi connectivity index (χ0) is 21.5. The van der Waals surface area contributed by atoms with Gasteiger partial charge in [0.05, 0.1) is 29.1 Å². The molecule has 2 aromatic rings. The zero-order valence-corrected chi connectivity index (χ0v) is 18.7. The molecule has 3 heterocycles. The van der Waals surface area contributed by atoms with E-state index in [0.29, 0.717) is 6.42 Å². The van der Waals surface area contributed by atoms with Crippen LogP contribution in [0.25, 0.3) is 11.3 Å². The summed E-state index contributed by atoms with van der Waals surface area (Å²) in [6.45, 7) is 11.1. The van der Waals surface area contributed by atoms with E-state index < -0.39 is 0 Å². The lowest BCUT2D eigenvalue weighted by Crippen LogP contribution is -2.41. The van der Waals surface area contributed by atoms with E-state index in [1.807, 2.05) is 30.2 Å². The molecular formula is C23H32BN3O3. The van der Waals surface area contributed by atoms with Crippen LogP contribution in [0, 0.1) is 0 Å². The number of nitrogens with one attached hydrogen (secondary N) is 1. The standard InChI is InChI=1S/C23H32BN3O3/c1-6-8-20(28)27-14-7-9-19(27)21-25-15-18(26-21)16-10-12-17(13-11-16)24-29-22(2,3)23(4,5)30-24/h10-13,15,19H,6-9,14H2,1-5H3,(H,25,26)/t19-/m0/s1. The molecule has 0 spiro atoms. The van der Waals surface area contributed by atoms with Gasteiger partial charge in [0.25, 0.3) is 0 Å². The van der Waals surface area contributed by atoms with Gasteiger partial charge in [-0.1, -0.05) is 31.2 Å². The van der Waals surface area contributed by atoms with Crippen molar-refractivity contribution in [2.24, 2.45) is 0 Å². The smallest absolute Gasteiger partial charge is 0.399 e. The molecular weight excluding hydrogens is 377 g/mol. The van der Waals surface area contributed by atoms with Crippen LogP contribution in [0.15, 0.2) is 30.5 Å². The van der Waals surface area contributed by atoms with E-state index in [2.05, 4.69) is 49.8 Å². The highest BCUT2D eigenvalue weighted by Crippen LogP contribution is 2.36. The summed E-state index contributed by atoms with van der Waals surface area (Å²) >= 11 is 0. The number of rotatable bonds is 5. The van der Waals surface area contributed by atoms with E-state index in [4.69, 9.17) is 9.31 Å². The number of imidazole rings is 1. The molecule has 7 heteroatoms. The summed E-state index contributed by atoms with van der Waals surface area (Å²) in [4.78, 5) is 22.5. The topological polar surface area (TPSA) is 67.5 Å². The second kappa shape index (κ2) is 7.86. The lowest BCUT2D eigenvalue weighted by molar-refractivity contribution is -0.132. The minimum Gasteiger partial charge on any atom is -0.399 e. The van der Waals surface area contributed by atoms with Crippen molar-refractivity contribution in [3.8, 4) is 11.3 Å². The van der Waals surface area contributed by atoms with E-state index in [-0.39, 0.29) is 30.3 Å². The average Bonchev–Trinajstić information content (AvgIpc) is 3.40. The van der Waals surface area contributed by atoms with Crippen molar-refractivity contribution in [3.63, 3.8) is 0 Å². The summed E-state index contributed by atoms with van der Waals surface area (Å²) in [5.74, 6) is 1.10. The number of hydrogen-bond donors (Lipinski definition) is 1. The molecule has 0 saturated carbocycles. The van der Waals surface area contributed by atoms with Gasteiger partial charge >= 0.3 is 7.12 Å². The number of H-pyrrole nitrogens is 1. The van der Waals surface area contributed by atoms with Gasteiger partial charge < -0.3 is 19.2 Å². The number of aromatic nitrogens is 2. The van der Waals surface area contributed by atoms with E-state index in [1.165, 1.54) is 0 Å². The van der Waals surface area contributed by atoms with Crippen LogP contribution < -0.4 is 5.46 Å². The van der Waals surface area contributed by atoms with E-state index in [9.17, 15) is 4.79 Å². The van der Waals surface area contributed by atoms with Crippen LogP contribution in [0.2, 0.25) is 0 Å². The Bertz CT molecular complexity index is 891. The van der Waals surface area contributed by atoms with Crippen LogP contribution in [0.4, 0.5) is 0 Å². The van der Waals surface area contributed by atoms with Crippen molar-refractivity contribution in [3.05, 3.63) is 36.3 Å². The van der Waals surface area contributed by atoms with Crippen molar-refractivity contribution < 1.29 is 14.1 Å². The minimum absolute atomic E-state index is 0.0572. The summed E-state index contributed by atoms with van der Waals surface area (Å²) in [5.41, 5.74) is 2.32. The number of carbonyl (C=O) groups excluding carboxylic acids is 1. The first-order valence-electron chi connectivity index (χ1n) is 11.0. The van der Waals surface area contributed by atoms with Crippen molar-refractivity contribution in [2.45, 2.75) is 77.5 Å². The van der Waals surface area contributed by atoms with E-state index in [0.717, 1.165) is 48.4 Å². The minimum atomic E-state index is -0.363. The lowest BCUT2D eigenvalue weighted by atomic mass is 9.79. The Labute approximate surface area is 179 Å². The molecule has 2 saturated heterocycles. The van der Waals surface area contributed by atoms with Crippen LogP contribution in [-0.2, 0) is 14.1 Å². The second-order valence-corrected chi connectivity index (χ2v) is 9.39. The van der Waals surface area contributed by atoms with Crippen LogP contribution in [0.5, 0.6) is 0 Å². The van der Waals surface area contributed by atoms with E-state index >= 15 is 0 Å². The molecule has 2 aliphatic heterocycles. The highest BCUT2D eigenvalue weighted by molar-refractivity contribution is 6.62. The van der Waals surface area contributed by atoms with Crippen molar-refractivity contribution in [1.82, 2.24) is 14.9 Å². The monoisotopic (exact) mass is 409 g/mol. The molecule has 1 aromatic heterocycles. The highest BCUT2D eigenvalue weighted by Gasteiger charge is 2.51. The molecule has 0 aliphatic carbocycles. The number of likely N-dealkylation sites (tertiary alicyclic amines) is 1. The molecule has 1 atom stereocenters.